The van der Waals surface area contributed by atoms with E-state index in [2.05, 4.69) is 5.92 Å². The molecule has 0 amide bonds. The summed E-state index contributed by atoms with van der Waals surface area (Å²) in [4.78, 5) is 0. The lowest BCUT2D eigenvalue weighted by Gasteiger charge is -2.01. The predicted octanol–water partition coefficient (Wildman–Crippen LogP) is 2.22. The summed E-state index contributed by atoms with van der Waals surface area (Å²) >= 11 is 5.75. The molecule has 1 aromatic carbocycles. The Hall–Kier alpha value is -1.13. The summed E-state index contributed by atoms with van der Waals surface area (Å²) in [6.07, 6.45) is 5.45. The van der Waals surface area contributed by atoms with Gasteiger partial charge in [0.1, 0.15) is 5.75 Å². The summed E-state index contributed by atoms with van der Waals surface area (Å²) in [6.45, 7) is 0. The molecule has 0 saturated carbocycles. The molecule has 11 heavy (non-hydrogen) atoms. The van der Waals surface area contributed by atoms with Gasteiger partial charge in [0.15, 0.2) is 0 Å². The van der Waals surface area contributed by atoms with E-state index >= 15 is 0 Å². The summed E-state index contributed by atoms with van der Waals surface area (Å²) < 4.78 is 0. The van der Waals surface area contributed by atoms with E-state index in [4.69, 9.17) is 18.0 Å². The maximum Gasteiger partial charge on any atom is 0.121 e. The standard InChI is InChI=1S/C9H7ClO/c1-2-4-7-8(10)5-3-6-9(7)11/h1,3,5-6,11H,4H2. The van der Waals surface area contributed by atoms with Crippen LogP contribution in [0.1, 0.15) is 5.56 Å². The van der Waals surface area contributed by atoms with Crippen molar-refractivity contribution in [2.45, 2.75) is 6.42 Å². The molecule has 0 aliphatic heterocycles. The molecule has 0 unspecified atom stereocenters. The van der Waals surface area contributed by atoms with Crippen LogP contribution in [-0.2, 0) is 6.42 Å². The van der Waals surface area contributed by atoms with E-state index in [1.165, 1.54) is 0 Å². The molecule has 0 saturated heterocycles. The third-order valence-electron chi connectivity index (χ3n) is 1.37. The summed E-state index contributed by atoms with van der Waals surface area (Å²) in [6, 6.07) is 4.95. The molecule has 0 aliphatic rings. The van der Waals surface area contributed by atoms with Crippen molar-refractivity contribution < 1.29 is 5.11 Å². The monoisotopic (exact) mass is 166 g/mol. The number of rotatable bonds is 1. The van der Waals surface area contributed by atoms with Crippen LogP contribution in [0.2, 0.25) is 5.02 Å². The number of hydrogen-bond donors (Lipinski definition) is 1. The normalized spacial score (nSPS) is 9.09. The molecule has 0 fully saturated rings. The number of phenols is 1. The minimum Gasteiger partial charge on any atom is -0.508 e. The molecule has 0 radical (unpaired) electrons. The fourth-order valence-corrected chi connectivity index (χ4v) is 1.06. The van der Waals surface area contributed by atoms with Gasteiger partial charge in [-0.2, -0.15) is 0 Å². The van der Waals surface area contributed by atoms with Crippen LogP contribution in [-0.4, -0.2) is 5.11 Å². The predicted molar refractivity (Wildman–Crippen MR) is 45.7 cm³/mol. The maximum absolute atomic E-state index is 9.24. The quantitative estimate of drug-likeness (QED) is 0.635. The molecule has 2 heteroatoms. The van der Waals surface area contributed by atoms with Gasteiger partial charge >= 0.3 is 0 Å². The van der Waals surface area contributed by atoms with E-state index in [1.807, 2.05) is 0 Å². The first-order chi connectivity index (χ1) is 5.25. The van der Waals surface area contributed by atoms with Gasteiger partial charge in [0.2, 0.25) is 0 Å². The first-order valence-corrected chi connectivity index (χ1v) is 3.53. The van der Waals surface area contributed by atoms with Gasteiger partial charge in [-0.25, -0.2) is 0 Å². The van der Waals surface area contributed by atoms with E-state index in [-0.39, 0.29) is 5.75 Å². The Balaban J connectivity index is 3.12. The fraction of sp³-hybridized carbons (Fsp3) is 0.111. The van der Waals surface area contributed by atoms with E-state index in [1.54, 1.807) is 18.2 Å². The summed E-state index contributed by atoms with van der Waals surface area (Å²) in [7, 11) is 0. The van der Waals surface area contributed by atoms with Crippen LogP contribution < -0.4 is 0 Å². The van der Waals surface area contributed by atoms with E-state index in [0.717, 1.165) is 0 Å². The van der Waals surface area contributed by atoms with Crippen LogP contribution in [0.15, 0.2) is 18.2 Å². The van der Waals surface area contributed by atoms with Crippen molar-refractivity contribution in [2.75, 3.05) is 0 Å². The first-order valence-electron chi connectivity index (χ1n) is 3.15. The van der Waals surface area contributed by atoms with Crippen LogP contribution >= 0.6 is 11.6 Å². The second-order valence-corrected chi connectivity index (χ2v) is 2.53. The molecular weight excluding hydrogens is 160 g/mol. The highest BCUT2D eigenvalue weighted by atomic mass is 35.5. The zero-order valence-corrected chi connectivity index (χ0v) is 6.60. The van der Waals surface area contributed by atoms with E-state index in [0.29, 0.717) is 17.0 Å². The van der Waals surface area contributed by atoms with Gasteiger partial charge in [-0.3, -0.25) is 0 Å². The molecule has 56 valence electrons. The van der Waals surface area contributed by atoms with Gasteiger partial charge in [-0.15, -0.1) is 12.3 Å². The Morgan fingerprint density at radius 1 is 1.55 bits per heavy atom. The highest BCUT2D eigenvalue weighted by Crippen LogP contribution is 2.24. The van der Waals surface area contributed by atoms with Crippen molar-refractivity contribution >= 4 is 11.6 Å². The molecule has 1 nitrogen and oxygen atoms in total. The molecule has 0 heterocycles. The SMILES string of the molecule is C#CCc1c(O)cccc1Cl. The fourth-order valence-electron chi connectivity index (χ4n) is 0.824. The van der Waals surface area contributed by atoms with Crippen molar-refractivity contribution in [3.8, 4) is 18.1 Å². The Morgan fingerprint density at radius 2 is 2.27 bits per heavy atom. The van der Waals surface area contributed by atoms with Gasteiger partial charge in [-0.05, 0) is 12.1 Å². The minimum atomic E-state index is 0.162. The lowest BCUT2D eigenvalue weighted by molar-refractivity contribution is 0.470. The molecule has 0 spiro atoms. The van der Waals surface area contributed by atoms with Crippen molar-refractivity contribution in [3.63, 3.8) is 0 Å². The van der Waals surface area contributed by atoms with Crippen LogP contribution in [0.4, 0.5) is 0 Å². The van der Waals surface area contributed by atoms with Crippen LogP contribution in [0.5, 0.6) is 5.75 Å². The van der Waals surface area contributed by atoms with Crippen molar-refractivity contribution in [3.05, 3.63) is 28.8 Å². The molecule has 0 aliphatic carbocycles. The Labute approximate surface area is 70.6 Å². The van der Waals surface area contributed by atoms with Crippen molar-refractivity contribution in [2.24, 2.45) is 0 Å². The second-order valence-electron chi connectivity index (χ2n) is 2.12. The lowest BCUT2D eigenvalue weighted by atomic mass is 10.1. The molecular formula is C9H7ClO. The first kappa shape index (κ1) is 7.97. The third kappa shape index (κ3) is 1.66. The largest absolute Gasteiger partial charge is 0.508 e. The molecule has 0 atom stereocenters. The van der Waals surface area contributed by atoms with Gasteiger partial charge in [-0.1, -0.05) is 17.7 Å². The highest BCUT2D eigenvalue weighted by molar-refractivity contribution is 6.31. The van der Waals surface area contributed by atoms with Gasteiger partial charge in [0.05, 0.1) is 0 Å². The average Bonchev–Trinajstić information content (AvgIpc) is 1.97. The number of hydrogen-bond acceptors (Lipinski definition) is 1. The Bertz CT molecular complexity index is 279. The molecule has 1 N–H and O–H groups in total. The lowest BCUT2D eigenvalue weighted by Crippen LogP contribution is -1.83. The molecule has 0 bridgehead atoms. The zero-order chi connectivity index (χ0) is 8.27. The Morgan fingerprint density at radius 3 is 2.82 bits per heavy atom. The minimum absolute atomic E-state index is 0.162. The van der Waals surface area contributed by atoms with Gasteiger partial charge in [0, 0.05) is 17.0 Å². The van der Waals surface area contributed by atoms with E-state index < -0.39 is 0 Å². The number of phenolic OH excluding ortho intramolecular Hbond substituents is 1. The number of aromatic hydroxyl groups is 1. The van der Waals surface area contributed by atoms with Crippen LogP contribution in [0, 0.1) is 12.3 Å². The third-order valence-corrected chi connectivity index (χ3v) is 1.73. The second kappa shape index (κ2) is 3.32. The Kier molecular flexibility index (Phi) is 2.40. The maximum atomic E-state index is 9.24. The summed E-state index contributed by atoms with van der Waals surface area (Å²) in [5, 5.41) is 9.76. The summed E-state index contributed by atoms with van der Waals surface area (Å²) in [5.41, 5.74) is 0.622. The zero-order valence-electron chi connectivity index (χ0n) is 5.84. The van der Waals surface area contributed by atoms with Crippen LogP contribution in [0.25, 0.3) is 0 Å². The number of halogens is 1. The van der Waals surface area contributed by atoms with Gasteiger partial charge < -0.3 is 5.11 Å². The van der Waals surface area contributed by atoms with E-state index in [9.17, 15) is 5.11 Å². The van der Waals surface area contributed by atoms with Crippen molar-refractivity contribution in [1.29, 1.82) is 0 Å². The number of terminal acetylenes is 1. The molecule has 1 rings (SSSR count). The smallest absolute Gasteiger partial charge is 0.121 e. The molecule has 1 aromatic rings. The average molecular weight is 167 g/mol. The van der Waals surface area contributed by atoms with Crippen molar-refractivity contribution in [1.82, 2.24) is 0 Å². The highest BCUT2D eigenvalue weighted by Gasteiger charge is 2.02. The molecule has 0 aromatic heterocycles. The topological polar surface area (TPSA) is 20.2 Å². The van der Waals surface area contributed by atoms with Gasteiger partial charge in [0.25, 0.3) is 0 Å². The summed E-state index contributed by atoms with van der Waals surface area (Å²) in [5.74, 6) is 2.58. The van der Waals surface area contributed by atoms with Crippen LogP contribution in [0.3, 0.4) is 0 Å². The number of benzene rings is 1.